The Morgan fingerprint density at radius 3 is 2.21 bits per heavy atom. The topological polar surface area (TPSA) is 96.5 Å². The number of thioether (sulfide) groups is 1. The van der Waals surface area contributed by atoms with Gasteiger partial charge in [0.1, 0.15) is 22.5 Å². The van der Waals surface area contributed by atoms with Gasteiger partial charge in [-0.2, -0.15) is 0 Å². The standard InChI is InChI=1S/C37H29ClFN3O4S/c1-46-33-21-9-8-20-31(33)41-37(45)34(24-12-4-2-5-13-24)47-27-17-10-16-26(22-27)40-36(44)32(23-28-29(38)18-11-19-30(28)39)42-35(43)25-14-6-3-7-15-25/h2-23,34H,1H3,(H,40,44)(H,41,45)(H,42,43)/b32-23+. The van der Waals surface area contributed by atoms with Crippen molar-refractivity contribution < 1.29 is 23.5 Å². The fraction of sp³-hybridized carbons (Fsp3) is 0.0541. The fourth-order valence-corrected chi connectivity index (χ4v) is 5.87. The van der Waals surface area contributed by atoms with Crippen LogP contribution in [0, 0.1) is 5.82 Å². The maximum atomic E-state index is 14.7. The number of halogens is 2. The SMILES string of the molecule is COc1ccccc1NC(=O)C(Sc1cccc(NC(=O)/C(=C\c2c(F)cccc2Cl)NC(=O)c2ccccc2)c1)c1ccccc1. The maximum Gasteiger partial charge on any atom is 0.272 e. The van der Waals surface area contributed by atoms with Crippen molar-refractivity contribution in [2.24, 2.45) is 0 Å². The first kappa shape index (κ1) is 33.0. The van der Waals surface area contributed by atoms with Gasteiger partial charge in [-0.25, -0.2) is 4.39 Å². The lowest BCUT2D eigenvalue weighted by Crippen LogP contribution is -2.30. The zero-order chi connectivity index (χ0) is 33.2. The summed E-state index contributed by atoms with van der Waals surface area (Å²) in [4.78, 5) is 40.9. The zero-order valence-corrected chi connectivity index (χ0v) is 26.6. The number of rotatable bonds is 11. The van der Waals surface area contributed by atoms with Crippen molar-refractivity contribution >= 4 is 58.5 Å². The number of hydrogen-bond donors (Lipinski definition) is 3. The number of benzene rings is 5. The van der Waals surface area contributed by atoms with E-state index in [0.717, 1.165) is 5.56 Å². The first-order chi connectivity index (χ1) is 22.8. The van der Waals surface area contributed by atoms with Gasteiger partial charge in [0, 0.05) is 21.7 Å². The van der Waals surface area contributed by atoms with Gasteiger partial charge in [-0.05, 0) is 66.2 Å². The van der Waals surface area contributed by atoms with Crippen molar-refractivity contribution in [1.82, 2.24) is 5.32 Å². The molecule has 5 aromatic rings. The van der Waals surface area contributed by atoms with Crippen LogP contribution in [0.25, 0.3) is 6.08 Å². The minimum atomic E-state index is -0.704. The van der Waals surface area contributed by atoms with Crippen molar-refractivity contribution in [1.29, 1.82) is 0 Å². The van der Waals surface area contributed by atoms with Crippen LogP contribution in [0.1, 0.15) is 26.7 Å². The Morgan fingerprint density at radius 1 is 0.809 bits per heavy atom. The van der Waals surface area contributed by atoms with Gasteiger partial charge >= 0.3 is 0 Å². The molecule has 0 spiro atoms. The molecule has 0 saturated heterocycles. The minimum Gasteiger partial charge on any atom is -0.495 e. The van der Waals surface area contributed by atoms with Crippen molar-refractivity contribution in [2.75, 3.05) is 17.7 Å². The smallest absolute Gasteiger partial charge is 0.272 e. The van der Waals surface area contributed by atoms with E-state index in [-0.39, 0.29) is 22.2 Å². The highest BCUT2D eigenvalue weighted by atomic mass is 35.5. The van der Waals surface area contributed by atoms with E-state index in [4.69, 9.17) is 16.3 Å². The average molecular weight is 666 g/mol. The van der Waals surface area contributed by atoms with Gasteiger partial charge in [-0.3, -0.25) is 14.4 Å². The molecule has 1 atom stereocenters. The molecule has 0 heterocycles. The highest BCUT2D eigenvalue weighted by Gasteiger charge is 2.24. The first-order valence-electron chi connectivity index (χ1n) is 14.4. The van der Waals surface area contributed by atoms with Gasteiger partial charge in [0.05, 0.1) is 17.8 Å². The normalized spacial score (nSPS) is 11.7. The number of methoxy groups -OCH3 is 1. The Bertz CT molecular complexity index is 1900. The quantitative estimate of drug-likeness (QED) is 0.0973. The Kier molecular flexibility index (Phi) is 11.1. The summed E-state index contributed by atoms with van der Waals surface area (Å²) in [6, 6.07) is 35.8. The lowest BCUT2D eigenvalue weighted by atomic mass is 10.1. The van der Waals surface area contributed by atoms with Crippen LogP contribution < -0.4 is 20.7 Å². The Balaban J connectivity index is 1.40. The van der Waals surface area contributed by atoms with E-state index in [1.54, 1.807) is 66.7 Å². The summed E-state index contributed by atoms with van der Waals surface area (Å²) in [6.45, 7) is 0. The van der Waals surface area contributed by atoms with Gasteiger partial charge in [0.15, 0.2) is 0 Å². The van der Waals surface area contributed by atoms with E-state index >= 15 is 0 Å². The molecule has 0 aliphatic rings. The fourth-order valence-electron chi connectivity index (χ4n) is 4.56. The molecule has 7 nitrogen and oxygen atoms in total. The summed E-state index contributed by atoms with van der Waals surface area (Å²) in [5.41, 5.74) is 1.73. The van der Waals surface area contributed by atoms with Crippen LogP contribution >= 0.6 is 23.4 Å². The van der Waals surface area contributed by atoms with Crippen molar-refractivity contribution in [3.8, 4) is 5.75 Å². The van der Waals surface area contributed by atoms with Gasteiger partial charge in [0.25, 0.3) is 11.8 Å². The zero-order valence-electron chi connectivity index (χ0n) is 25.1. The number of carbonyl (C=O) groups excluding carboxylic acids is 3. The van der Waals surface area contributed by atoms with Crippen molar-refractivity contribution in [2.45, 2.75) is 10.1 Å². The highest BCUT2D eigenvalue weighted by molar-refractivity contribution is 8.00. The molecule has 3 N–H and O–H groups in total. The number of carbonyl (C=O) groups is 3. The summed E-state index contributed by atoms with van der Waals surface area (Å²) < 4.78 is 20.1. The Labute approximate surface area is 280 Å². The molecular formula is C37H29ClFN3O4S. The third-order valence-corrected chi connectivity index (χ3v) is 8.45. The van der Waals surface area contributed by atoms with Crippen molar-refractivity contribution in [3.63, 3.8) is 0 Å². The predicted molar refractivity (Wildman–Crippen MR) is 185 cm³/mol. The minimum absolute atomic E-state index is 0.0521. The maximum absolute atomic E-state index is 14.7. The molecular weight excluding hydrogens is 637 g/mol. The van der Waals surface area contributed by atoms with Crippen LogP contribution in [-0.2, 0) is 9.59 Å². The third-order valence-electron chi connectivity index (χ3n) is 6.87. The van der Waals surface area contributed by atoms with Gasteiger partial charge in [-0.1, -0.05) is 84.4 Å². The van der Waals surface area contributed by atoms with Gasteiger partial charge < -0.3 is 20.7 Å². The predicted octanol–water partition coefficient (Wildman–Crippen LogP) is 8.37. The molecule has 0 aliphatic heterocycles. The second kappa shape index (κ2) is 15.8. The van der Waals surface area contributed by atoms with E-state index in [1.807, 2.05) is 42.5 Å². The summed E-state index contributed by atoms with van der Waals surface area (Å²) in [5, 5.41) is 7.74. The average Bonchev–Trinajstić information content (AvgIpc) is 3.09. The molecule has 0 saturated carbocycles. The van der Waals surface area contributed by atoms with Crippen LogP contribution in [0.2, 0.25) is 5.02 Å². The van der Waals surface area contributed by atoms with Crippen LogP contribution in [0.4, 0.5) is 15.8 Å². The Morgan fingerprint density at radius 2 is 1.49 bits per heavy atom. The molecule has 0 radical (unpaired) electrons. The lowest BCUT2D eigenvalue weighted by molar-refractivity contribution is -0.116. The summed E-state index contributed by atoms with van der Waals surface area (Å²) >= 11 is 7.53. The van der Waals surface area contributed by atoms with Crippen LogP contribution in [0.5, 0.6) is 5.75 Å². The molecule has 10 heteroatoms. The third kappa shape index (κ3) is 8.66. The number of hydrogen-bond acceptors (Lipinski definition) is 5. The molecule has 5 aromatic carbocycles. The monoisotopic (exact) mass is 665 g/mol. The second-order valence-electron chi connectivity index (χ2n) is 10.1. The molecule has 236 valence electrons. The Hall–Kier alpha value is -5.38. The van der Waals surface area contributed by atoms with Crippen LogP contribution in [0.3, 0.4) is 0 Å². The van der Waals surface area contributed by atoms with Crippen molar-refractivity contribution in [3.05, 3.63) is 161 Å². The highest BCUT2D eigenvalue weighted by Crippen LogP contribution is 2.38. The van der Waals surface area contributed by atoms with E-state index in [0.29, 0.717) is 27.6 Å². The molecule has 0 fully saturated rings. The second-order valence-corrected chi connectivity index (χ2v) is 11.7. The molecule has 1 unspecified atom stereocenters. The van der Waals surface area contributed by atoms with Crippen LogP contribution in [0.15, 0.2) is 138 Å². The molecule has 3 amide bonds. The van der Waals surface area contributed by atoms with Crippen LogP contribution in [-0.4, -0.2) is 24.8 Å². The number of anilines is 2. The lowest BCUT2D eigenvalue weighted by Gasteiger charge is -2.19. The molecule has 0 bridgehead atoms. The van der Waals surface area contributed by atoms with Gasteiger partial charge in [-0.15, -0.1) is 11.8 Å². The van der Waals surface area contributed by atoms with Gasteiger partial charge in [0.2, 0.25) is 5.91 Å². The number of ether oxygens (including phenoxy) is 1. The summed E-state index contributed by atoms with van der Waals surface area (Å²) in [5.74, 6) is -1.66. The van der Waals surface area contributed by atoms with E-state index in [9.17, 15) is 18.8 Å². The van der Waals surface area contributed by atoms with E-state index in [2.05, 4.69) is 16.0 Å². The molecule has 5 rings (SSSR count). The van der Waals surface area contributed by atoms with E-state index in [1.165, 1.54) is 43.1 Å². The summed E-state index contributed by atoms with van der Waals surface area (Å²) in [7, 11) is 1.53. The number of nitrogens with one attached hydrogen (secondary N) is 3. The number of amides is 3. The largest absolute Gasteiger partial charge is 0.495 e. The molecule has 0 aromatic heterocycles. The molecule has 47 heavy (non-hydrogen) atoms. The summed E-state index contributed by atoms with van der Waals surface area (Å²) in [6.07, 6.45) is 1.19. The first-order valence-corrected chi connectivity index (χ1v) is 15.7. The van der Waals surface area contributed by atoms with E-state index < -0.39 is 22.9 Å². The number of para-hydroxylation sites is 2. The molecule has 0 aliphatic carbocycles.